The van der Waals surface area contributed by atoms with Crippen LogP contribution in [-0.2, 0) is 17.3 Å². The van der Waals surface area contributed by atoms with E-state index < -0.39 is 29.3 Å². The number of hydrogen-bond acceptors (Lipinski definition) is 2. The molecule has 148 valence electrons. The summed E-state index contributed by atoms with van der Waals surface area (Å²) in [5.41, 5.74) is -0.687. The fourth-order valence-corrected chi connectivity index (χ4v) is 3.88. The van der Waals surface area contributed by atoms with Gasteiger partial charge in [-0.1, -0.05) is 11.6 Å². The van der Waals surface area contributed by atoms with E-state index in [9.17, 15) is 22.4 Å². The highest BCUT2D eigenvalue weighted by Crippen LogP contribution is 2.39. The van der Waals surface area contributed by atoms with E-state index in [1.165, 1.54) is 0 Å². The summed E-state index contributed by atoms with van der Waals surface area (Å²) in [4.78, 5) is 14.1. The van der Waals surface area contributed by atoms with Crippen LogP contribution in [0.1, 0.15) is 51.2 Å². The van der Waals surface area contributed by atoms with Gasteiger partial charge in [0.2, 0.25) is 0 Å². The number of benzene rings is 1. The maximum absolute atomic E-state index is 13.5. The second kappa shape index (κ2) is 6.84. The second-order valence-electron chi connectivity index (χ2n) is 8.19. The maximum Gasteiger partial charge on any atom is 0.416 e. The number of hydrogen-bond donors (Lipinski definition) is 0. The highest BCUT2D eigenvalue weighted by molar-refractivity contribution is 5.70. The molecule has 1 saturated heterocycles. The first-order valence-corrected chi connectivity index (χ1v) is 9.00. The monoisotopic (exact) mass is 385 g/mol. The van der Waals surface area contributed by atoms with Gasteiger partial charge in [-0.2, -0.15) is 13.2 Å². The molecule has 2 heterocycles. The largest absolute Gasteiger partial charge is 0.444 e. The molecule has 0 spiro atoms. The van der Waals surface area contributed by atoms with Gasteiger partial charge in [0, 0.05) is 6.04 Å². The van der Waals surface area contributed by atoms with E-state index in [0.717, 1.165) is 36.6 Å². The summed E-state index contributed by atoms with van der Waals surface area (Å²) in [5, 5.41) is 0. The van der Waals surface area contributed by atoms with E-state index in [2.05, 4.69) is 0 Å². The van der Waals surface area contributed by atoms with E-state index in [4.69, 9.17) is 4.74 Å². The van der Waals surface area contributed by atoms with Crippen molar-refractivity contribution in [3.05, 3.63) is 46.8 Å². The maximum atomic E-state index is 13.5. The van der Waals surface area contributed by atoms with Crippen molar-refractivity contribution >= 4 is 6.09 Å². The van der Waals surface area contributed by atoms with Crippen molar-refractivity contribution in [3.63, 3.8) is 0 Å². The van der Waals surface area contributed by atoms with Gasteiger partial charge in [-0.15, -0.1) is 0 Å². The topological polar surface area (TPSA) is 29.5 Å². The van der Waals surface area contributed by atoms with Gasteiger partial charge in [0.25, 0.3) is 0 Å². The van der Waals surface area contributed by atoms with Crippen LogP contribution in [0.15, 0.2) is 29.8 Å². The zero-order chi connectivity index (χ0) is 20.0. The van der Waals surface area contributed by atoms with Crippen LogP contribution in [-0.4, -0.2) is 28.7 Å². The lowest BCUT2D eigenvalue weighted by Gasteiger charge is -2.35. The number of amides is 1. The van der Waals surface area contributed by atoms with Crippen LogP contribution in [0.3, 0.4) is 0 Å². The summed E-state index contributed by atoms with van der Waals surface area (Å²) in [5.74, 6) is -0.687. The molecule has 0 radical (unpaired) electrons. The third-order valence-corrected chi connectivity index (χ3v) is 4.87. The van der Waals surface area contributed by atoms with E-state index in [0.29, 0.717) is 6.42 Å². The minimum absolute atomic E-state index is 0.0295. The Hall–Kier alpha value is -2.05. The van der Waals surface area contributed by atoms with E-state index in [1.54, 1.807) is 25.7 Å². The highest BCUT2D eigenvalue weighted by atomic mass is 19.4. The minimum atomic E-state index is -4.53. The molecule has 2 atom stereocenters. The molecule has 0 N–H and O–H groups in total. The summed E-state index contributed by atoms with van der Waals surface area (Å²) in [6, 6.07) is 2.29. The average Bonchev–Trinajstić information content (AvgIpc) is 2.76. The molecule has 2 aliphatic heterocycles. The van der Waals surface area contributed by atoms with Crippen molar-refractivity contribution in [3.8, 4) is 0 Å². The molecule has 27 heavy (non-hydrogen) atoms. The van der Waals surface area contributed by atoms with Crippen molar-refractivity contribution in [2.45, 2.75) is 70.3 Å². The fourth-order valence-electron chi connectivity index (χ4n) is 3.88. The number of fused-ring (bicyclic) bond motifs is 2. The lowest BCUT2D eigenvalue weighted by Crippen LogP contribution is -2.45. The Morgan fingerprint density at radius 1 is 1.22 bits per heavy atom. The summed E-state index contributed by atoms with van der Waals surface area (Å²) >= 11 is 0. The van der Waals surface area contributed by atoms with Gasteiger partial charge in [0.1, 0.15) is 11.4 Å². The molecule has 1 fully saturated rings. The molecule has 0 aliphatic carbocycles. The average molecular weight is 385 g/mol. The third-order valence-electron chi connectivity index (χ3n) is 4.87. The molecule has 1 aromatic rings. The molecule has 3 rings (SSSR count). The van der Waals surface area contributed by atoms with E-state index in [1.807, 2.05) is 6.08 Å². The number of halogens is 4. The molecule has 0 aromatic heterocycles. The van der Waals surface area contributed by atoms with Crippen LogP contribution in [0, 0.1) is 5.82 Å². The van der Waals surface area contributed by atoms with Crippen molar-refractivity contribution < 1.29 is 27.1 Å². The minimum Gasteiger partial charge on any atom is -0.444 e. The molecule has 1 amide bonds. The first-order valence-electron chi connectivity index (χ1n) is 9.00. The van der Waals surface area contributed by atoms with Crippen LogP contribution in [0.25, 0.3) is 0 Å². The third kappa shape index (κ3) is 4.45. The number of rotatable bonds is 2. The lowest BCUT2D eigenvalue weighted by atomic mass is 9.92. The first kappa shape index (κ1) is 19.7. The van der Waals surface area contributed by atoms with E-state index >= 15 is 0 Å². The van der Waals surface area contributed by atoms with Gasteiger partial charge in [-0.3, -0.25) is 4.90 Å². The molecule has 3 nitrogen and oxygen atoms in total. The summed E-state index contributed by atoms with van der Waals surface area (Å²) in [6.07, 6.45) is -1.04. The predicted octanol–water partition coefficient (Wildman–Crippen LogP) is 5.49. The lowest BCUT2D eigenvalue weighted by molar-refractivity contribution is -0.138. The standard InChI is InChI=1S/C20H23F4NO2/c1-19(2,3)27-18(26)25-15-5-6-16(25)10-12(9-15)8-13-11-14(21)4-7-17(13)20(22,23)24/h4,7,9,11,15-16H,5-6,8,10H2,1-3H3. The quantitative estimate of drug-likeness (QED) is 0.498. The molecule has 2 aliphatic rings. The zero-order valence-electron chi connectivity index (χ0n) is 15.6. The Morgan fingerprint density at radius 2 is 1.93 bits per heavy atom. The van der Waals surface area contributed by atoms with Crippen LogP contribution in [0.5, 0.6) is 0 Å². The highest BCUT2D eigenvalue weighted by Gasteiger charge is 2.42. The first-order chi connectivity index (χ1) is 12.4. The Kier molecular flexibility index (Phi) is 4.99. The molecule has 2 bridgehead atoms. The van der Waals surface area contributed by atoms with Crippen molar-refractivity contribution in [2.75, 3.05) is 0 Å². The van der Waals surface area contributed by atoms with Crippen molar-refractivity contribution in [1.82, 2.24) is 4.90 Å². The number of nitrogens with zero attached hydrogens (tertiary/aromatic N) is 1. The van der Waals surface area contributed by atoms with Gasteiger partial charge >= 0.3 is 12.3 Å². The van der Waals surface area contributed by atoms with Gasteiger partial charge in [0.05, 0.1) is 11.6 Å². The van der Waals surface area contributed by atoms with Gasteiger partial charge < -0.3 is 4.74 Å². The Bertz CT molecular complexity index is 764. The number of carbonyl (C=O) groups excluding carboxylic acids is 1. The number of alkyl halides is 3. The fraction of sp³-hybridized carbons (Fsp3) is 0.550. The van der Waals surface area contributed by atoms with Crippen LogP contribution >= 0.6 is 0 Å². The van der Waals surface area contributed by atoms with Crippen LogP contribution in [0.2, 0.25) is 0 Å². The zero-order valence-corrected chi connectivity index (χ0v) is 15.6. The predicted molar refractivity (Wildman–Crippen MR) is 92.7 cm³/mol. The summed E-state index contributed by atoms with van der Waals surface area (Å²) in [6.45, 7) is 5.38. The van der Waals surface area contributed by atoms with Crippen molar-refractivity contribution in [2.24, 2.45) is 0 Å². The van der Waals surface area contributed by atoms with Gasteiger partial charge in [0.15, 0.2) is 0 Å². The summed E-state index contributed by atoms with van der Waals surface area (Å²) in [7, 11) is 0. The van der Waals surface area contributed by atoms with Crippen LogP contribution < -0.4 is 0 Å². The number of ether oxygens (including phenoxy) is 1. The smallest absolute Gasteiger partial charge is 0.416 e. The molecule has 7 heteroatoms. The molecule has 0 saturated carbocycles. The van der Waals surface area contributed by atoms with Gasteiger partial charge in [-0.05, 0) is 70.2 Å². The van der Waals surface area contributed by atoms with Crippen LogP contribution in [0.4, 0.5) is 22.4 Å². The molecular formula is C20H23F4NO2. The Labute approximate surface area is 156 Å². The molecule has 1 aromatic carbocycles. The number of carbonyl (C=O) groups is 1. The van der Waals surface area contributed by atoms with Gasteiger partial charge in [-0.25, -0.2) is 9.18 Å². The normalized spacial score (nSPS) is 22.6. The second-order valence-corrected chi connectivity index (χ2v) is 8.19. The molecular weight excluding hydrogens is 362 g/mol. The Balaban J connectivity index is 1.81. The molecule has 2 unspecified atom stereocenters. The van der Waals surface area contributed by atoms with E-state index in [-0.39, 0.29) is 24.1 Å². The van der Waals surface area contributed by atoms with Crippen molar-refractivity contribution in [1.29, 1.82) is 0 Å². The SMILES string of the molecule is CC(C)(C)OC(=O)N1C2C=C(Cc3cc(F)ccc3C(F)(F)F)CC1CC2. The summed E-state index contributed by atoms with van der Waals surface area (Å²) < 4.78 is 58.6. The Morgan fingerprint density at radius 3 is 2.52 bits per heavy atom.